The second kappa shape index (κ2) is 5.51. The molecule has 0 spiro atoms. The van der Waals surface area contributed by atoms with E-state index < -0.39 is 0 Å². The predicted octanol–water partition coefficient (Wildman–Crippen LogP) is 2.17. The predicted molar refractivity (Wildman–Crippen MR) is 76.0 cm³/mol. The molecule has 4 nitrogen and oxygen atoms in total. The Morgan fingerprint density at radius 2 is 2.10 bits per heavy atom. The van der Waals surface area contributed by atoms with E-state index in [1.54, 1.807) is 6.26 Å². The van der Waals surface area contributed by atoms with Gasteiger partial charge >= 0.3 is 0 Å². The van der Waals surface area contributed by atoms with Crippen LogP contribution in [0.4, 0.5) is 0 Å². The van der Waals surface area contributed by atoms with Crippen LogP contribution in [0.2, 0.25) is 0 Å². The van der Waals surface area contributed by atoms with Gasteiger partial charge in [0.15, 0.2) is 0 Å². The summed E-state index contributed by atoms with van der Waals surface area (Å²) in [5.41, 5.74) is 2.52. The normalized spacial score (nSPS) is 19.1. The van der Waals surface area contributed by atoms with Crippen LogP contribution >= 0.6 is 0 Å². The van der Waals surface area contributed by atoms with Gasteiger partial charge in [-0.25, -0.2) is 0 Å². The first-order valence-corrected chi connectivity index (χ1v) is 6.88. The Hall–Kier alpha value is -2.07. The molecule has 2 atom stereocenters. The first-order chi connectivity index (χ1) is 9.74. The Balaban J connectivity index is 1.64. The molecule has 1 aliphatic heterocycles. The standard InChI is InChI=1S/C16H18N2O2/c1-11(15-7-4-8-20-15)18-16(19)14-9-12-5-2-3-6-13(12)10-17-14/h2-8,11,14,17H,9-10H2,1H3,(H,18,19)/t11-,14?/m0/s1. The highest BCUT2D eigenvalue weighted by atomic mass is 16.3. The smallest absolute Gasteiger partial charge is 0.238 e. The molecular formula is C16H18N2O2. The van der Waals surface area contributed by atoms with E-state index in [0.717, 1.165) is 18.7 Å². The molecule has 3 rings (SSSR count). The number of nitrogens with one attached hydrogen (secondary N) is 2. The summed E-state index contributed by atoms with van der Waals surface area (Å²) in [5, 5.41) is 6.27. The van der Waals surface area contributed by atoms with Crippen LogP contribution in [0.3, 0.4) is 0 Å². The van der Waals surface area contributed by atoms with Crippen molar-refractivity contribution in [3.63, 3.8) is 0 Å². The lowest BCUT2D eigenvalue weighted by molar-refractivity contribution is -0.124. The Bertz CT molecular complexity index is 592. The van der Waals surface area contributed by atoms with Crippen molar-refractivity contribution in [2.45, 2.75) is 32.0 Å². The number of fused-ring (bicyclic) bond motifs is 1. The molecule has 1 unspecified atom stereocenters. The van der Waals surface area contributed by atoms with Gasteiger partial charge in [-0.1, -0.05) is 24.3 Å². The molecule has 104 valence electrons. The van der Waals surface area contributed by atoms with Crippen LogP contribution in [-0.2, 0) is 17.8 Å². The second-order valence-corrected chi connectivity index (χ2v) is 5.15. The van der Waals surface area contributed by atoms with Gasteiger partial charge in [-0.05, 0) is 36.6 Å². The van der Waals surface area contributed by atoms with Crippen LogP contribution in [0.5, 0.6) is 0 Å². The van der Waals surface area contributed by atoms with E-state index in [4.69, 9.17) is 4.42 Å². The Morgan fingerprint density at radius 1 is 1.30 bits per heavy atom. The molecule has 0 bridgehead atoms. The lowest BCUT2D eigenvalue weighted by Crippen LogP contribution is -2.48. The Morgan fingerprint density at radius 3 is 2.85 bits per heavy atom. The number of amides is 1. The zero-order valence-corrected chi connectivity index (χ0v) is 11.4. The molecule has 1 aromatic carbocycles. The number of hydrogen-bond donors (Lipinski definition) is 2. The lowest BCUT2D eigenvalue weighted by atomic mass is 9.95. The number of furan rings is 1. The Kier molecular flexibility index (Phi) is 3.56. The maximum absolute atomic E-state index is 12.3. The van der Waals surface area contributed by atoms with Crippen molar-refractivity contribution in [3.8, 4) is 0 Å². The number of carbonyl (C=O) groups excluding carboxylic acids is 1. The van der Waals surface area contributed by atoms with E-state index in [1.165, 1.54) is 11.1 Å². The molecule has 0 aliphatic carbocycles. The zero-order chi connectivity index (χ0) is 13.9. The number of carbonyl (C=O) groups is 1. The molecule has 1 amide bonds. The van der Waals surface area contributed by atoms with Gasteiger partial charge in [-0.2, -0.15) is 0 Å². The lowest BCUT2D eigenvalue weighted by Gasteiger charge is -2.26. The molecule has 0 saturated carbocycles. The first kappa shape index (κ1) is 12.9. The third kappa shape index (κ3) is 2.60. The second-order valence-electron chi connectivity index (χ2n) is 5.15. The van der Waals surface area contributed by atoms with Gasteiger partial charge in [0.25, 0.3) is 0 Å². The van der Waals surface area contributed by atoms with Gasteiger partial charge in [0.05, 0.1) is 18.3 Å². The van der Waals surface area contributed by atoms with Gasteiger partial charge in [0, 0.05) is 6.54 Å². The molecule has 2 heterocycles. The number of rotatable bonds is 3. The molecule has 0 saturated heterocycles. The molecule has 2 aromatic rings. The molecule has 4 heteroatoms. The SMILES string of the molecule is C[C@H](NC(=O)C1Cc2ccccc2CN1)c1ccco1. The van der Waals surface area contributed by atoms with Crippen LogP contribution in [0, 0.1) is 0 Å². The number of hydrogen-bond acceptors (Lipinski definition) is 3. The van der Waals surface area contributed by atoms with Gasteiger partial charge in [-0.3, -0.25) is 4.79 Å². The number of benzene rings is 1. The van der Waals surface area contributed by atoms with Crippen molar-refractivity contribution in [1.29, 1.82) is 0 Å². The summed E-state index contributed by atoms with van der Waals surface area (Å²) < 4.78 is 5.30. The van der Waals surface area contributed by atoms with Crippen LogP contribution < -0.4 is 10.6 Å². The molecule has 0 radical (unpaired) electrons. The summed E-state index contributed by atoms with van der Waals surface area (Å²) in [4.78, 5) is 12.3. The van der Waals surface area contributed by atoms with E-state index in [0.29, 0.717) is 0 Å². The average Bonchev–Trinajstić information content (AvgIpc) is 3.01. The molecule has 1 aliphatic rings. The average molecular weight is 270 g/mol. The molecule has 20 heavy (non-hydrogen) atoms. The van der Waals surface area contributed by atoms with Gasteiger partial charge in [0.1, 0.15) is 5.76 Å². The fourth-order valence-corrected chi connectivity index (χ4v) is 2.56. The monoisotopic (exact) mass is 270 g/mol. The summed E-state index contributed by atoms with van der Waals surface area (Å²) in [6.45, 7) is 2.66. The van der Waals surface area contributed by atoms with Crippen molar-refractivity contribution >= 4 is 5.91 Å². The summed E-state index contributed by atoms with van der Waals surface area (Å²) in [7, 11) is 0. The van der Waals surface area contributed by atoms with E-state index in [1.807, 2.05) is 31.2 Å². The van der Waals surface area contributed by atoms with Crippen LogP contribution in [0.1, 0.15) is 29.9 Å². The third-order valence-electron chi connectivity index (χ3n) is 3.73. The van der Waals surface area contributed by atoms with E-state index in [-0.39, 0.29) is 18.0 Å². The highest BCUT2D eigenvalue weighted by molar-refractivity contribution is 5.82. The minimum Gasteiger partial charge on any atom is -0.467 e. The van der Waals surface area contributed by atoms with E-state index in [2.05, 4.69) is 22.8 Å². The van der Waals surface area contributed by atoms with Crippen LogP contribution in [0.15, 0.2) is 47.1 Å². The van der Waals surface area contributed by atoms with Gasteiger partial charge in [-0.15, -0.1) is 0 Å². The minimum atomic E-state index is -0.178. The van der Waals surface area contributed by atoms with Crippen LogP contribution in [-0.4, -0.2) is 11.9 Å². The maximum atomic E-state index is 12.3. The third-order valence-corrected chi connectivity index (χ3v) is 3.73. The van der Waals surface area contributed by atoms with Gasteiger partial charge in [0.2, 0.25) is 5.91 Å². The van der Waals surface area contributed by atoms with Gasteiger partial charge < -0.3 is 15.1 Å². The highest BCUT2D eigenvalue weighted by Gasteiger charge is 2.25. The maximum Gasteiger partial charge on any atom is 0.238 e. The summed E-state index contributed by atoms with van der Waals surface area (Å²) in [6.07, 6.45) is 2.35. The van der Waals surface area contributed by atoms with Crippen molar-refractivity contribution in [2.75, 3.05) is 0 Å². The fourth-order valence-electron chi connectivity index (χ4n) is 2.56. The molecule has 1 aromatic heterocycles. The largest absolute Gasteiger partial charge is 0.467 e. The highest BCUT2D eigenvalue weighted by Crippen LogP contribution is 2.17. The van der Waals surface area contributed by atoms with Crippen LogP contribution in [0.25, 0.3) is 0 Å². The van der Waals surface area contributed by atoms with Crippen molar-refractivity contribution in [2.24, 2.45) is 0 Å². The van der Waals surface area contributed by atoms with E-state index >= 15 is 0 Å². The van der Waals surface area contributed by atoms with E-state index in [9.17, 15) is 4.79 Å². The van der Waals surface area contributed by atoms with Crippen molar-refractivity contribution < 1.29 is 9.21 Å². The summed E-state index contributed by atoms with van der Waals surface area (Å²) >= 11 is 0. The molecular weight excluding hydrogens is 252 g/mol. The van der Waals surface area contributed by atoms with Crippen molar-refractivity contribution in [3.05, 3.63) is 59.5 Å². The minimum absolute atomic E-state index is 0.0170. The Labute approximate surface area is 118 Å². The first-order valence-electron chi connectivity index (χ1n) is 6.88. The zero-order valence-electron chi connectivity index (χ0n) is 11.4. The van der Waals surface area contributed by atoms with Crippen molar-refractivity contribution in [1.82, 2.24) is 10.6 Å². The summed E-state index contributed by atoms with van der Waals surface area (Å²) in [6, 6.07) is 11.6. The topological polar surface area (TPSA) is 54.3 Å². The summed E-state index contributed by atoms with van der Waals surface area (Å²) in [5.74, 6) is 0.790. The fraction of sp³-hybridized carbons (Fsp3) is 0.312. The molecule has 2 N–H and O–H groups in total. The quantitative estimate of drug-likeness (QED) is 0.898. The molecule has 0 fully saturated rings.